The van der Waals surface area contributed by atoms with Gasteiger partial charge in [-0.3, -0.25) is 0 Å². The minimum Gasteiger partial charge on any atom is -0.497 e. The Morgan fingerprint density at radius 2 is 1.88 bits per heavy atom. The summed E-state index contributed by atoms with van der Waals surface area (Å²) in [5, 5.41) is 0.978. The first kappa shape index (κ1) is 16.0. The first-order valence-corrected chi connectivity index (χ1v) is 7.90. The molecular weight excluding hydrogens is 302 g/mol. The maximum Gasteiger partial charge on any atom is 0.356 e. The van der Waals surface area contributed by atoms with Crippen LogP contribution in [0.15, 0.2) is 54.6 Å². The Morgan fingerprint density at radius 3 is 2.58 bits per heavy atom. The summed E-state index contributed by atoms with van der Waals surface area (Å²) < 4.78 is 10.4. The second-order valence-electron chi connectivity index (χ2n) is 5.43. The van der Waals surface area contributed by atoms with E-state index in [-0.39, 0.29) is 0 Å². The van der Waals surface area contributed by atoms with Crippen molar-refractivity contribution < 1.29 is 14.3 Å². The van der Waals surface area contributed by atoms with Crippen LogP contribution in [0.2, 0.25) is 0 Å². The summed E-state index contributed by atoms with van der Waals surface area (Å²) in [6.45, 7) is 2.11. The minimum atomic E-state index is -0.399. The average Bonchev–Trinajstić information content (AvgIpc) is 2.62. The van der Waals surface area contributed by atoms with Crippen LogP contribution in [0.1, 0.15) is 28.5 Å². The smallest absolute Gasteiger partial charge is 0.356 e. The number of fused-ring (bicyclic) bond motifs is 1. The van der Waals surface area contributed by atoms with Gasteiger partial charge in [0.1, 0.15) is 11.4 Å². The monoisotopic (exact) mass is 321 g/mol. The lowest BCUT2D eigenvalue weighted by molar-refractivity contribution is 0.0520. The van der Waals surface area contributed by atoms with Crippen LogP contribution in [-0.4, -0.2) is 24.7 Å². The Labute approximate surface area is 141 Å². The molecule has 0 amide bonds. The van der Waals surface area contributed by atoms with Crippen molar-refractivity contribution in [3.8, 4) is 5.75 Å². The number of hydrogen-bond donors (Lipinski definition) is 0. The van der Waals surface area contributed by atoms with Gasteiger partial charge >= 0.3 is 5.97 Å². The minimum absolute atomic E-state index is 0.329. The largest absolute Gasteiger partial charge is 0.497 e. The third-order valence-corrected chi connectivity index (χ3v) is 3.82. The quantitative estimate of drug-likeness (QED) is 0.666. The molecule has 122 valence electrons. The summed E-state index contributed by atoms with van der Waals surface area (Å²) in [5.41, 5.74) is 3.28. The van der Waals surface area contributed by atoms with Gasteiger partial charge in [-0.2, -0.15) is 0 Å². The van der Waals surface area contributed by atoms with E-state index in [4.69, 9.17) is 9.47 Å². The molecule has 0 saturated carbocycles. The molecule has 0 radical (unpaired) electrons. The molecule has 0 aliphatic heterocycles. The number of nitrogens with zero attached hydrogens (tertiary/aromatic N) is 1. The van der Waals surface area contributed by atoms with Crippen molar-refractivity contribution in [2.75, 3.05) is 13.7 Å². The van der Waals surface area contributed by atoms with E-state index in [1.54, 1.807) is 14.0 Å². The molecular formula is C20H19NO3. The summed E-state index contributed by atoms with van der Waals surface area (Å²) in [4.78, 5) is 16.5. The lowest BCUT2D eigenvalue weighted by atomic mass is 10.00. The van der Waals surface area contributed by atoms with E-state index in [9.17, 15) is 4.79 Å². The summed E-state index contributed by atoms with van der Waals surface area (Å²) in [7, 11) is 1.64. The van der Waals surface area contributed by atoms with Gasteiger partial charge in [0.2, 0.25) is 0 Å². The number of hydrogen-bond acceptors (Lipinski definition) is 4. The second kappa shape index (κ2) is 7.13. The van der Waals surface area contributed by atoms with E-state index in [0.717, 1.165) is 22.2 Å². The van der Waals surface area contributed by atoms with Crippen molar-refractivity contribution >= 4 is 16.9 Å². The number of aromatic nitrogens is 1. The Balaban J connectivity index is 2.12. The molecule has 0 bridgehead atoms. The van der Waals surface area contributed by atoms with Crippen molar-refractivity contribution in [3.63, 3.8) is 0 Å². The normalized spacial score (nSPS) is 10.6. The predicted molar refractivity (Wildman–Crippen MR) is 93.5 cm³/mol. The summed E-state index contributed by atoms with van der Waals surface area (Å²) in [5.74, 6) is 0.368. The topological polar surface area (TPSA) is 48.4 Å². The molecule has 1 heterocycles. The van der Waals surface area contributed by atoms with E-state index in [0.29, 0.717) is 18.7 Å². The Morgan fingerprint density at radius 1 is 1.08 bits per heavy atom. The number of ether oxygens (including phenoxy) is 2. The second-order valence-corrected chi connectivity index (χ2v) is 5.43. The summed E-state index contributed by atoms with van der Waals surface area (Å²) >= 11 is 0. The number of benzene rings is 2. The highest BCUT2D eigenvalue weighted by Crippen LogP contribution is 2.26. The van der Waals surface area contributed by atoms with Gasteiger partial charge in [0, 0.05) is 5.39 Å². The van der Waals surface area contributed by atoms with Gasteiger partial charge in [-0.15, -0.1) is 0 Å². The molecule has 0 atom stereocenters. The van der Waals surface area contributed by atoms with Crippen LogP contribution in [0.25, 0.3) is 10.9 Å². The molecule has 0 N–H and O–H groups in total. The molecule has 24 heavy (non-hydrogen) atoms. The first-order chi connectivity index (χ1) is 11.7. The maximum atomic E-state index is 12.1. The Hall–Kier alpha value is -2.88. The molecule has 3 aromatic rings. The van der Waals surface area contributed by atoms with Crippen LogP contribution in [0, 0.1) is 0 Å². The Bertz CT molecular complexity index is 859. The number of esters is 1. The van der Waals surface area contributed by atoms with Crippen LogP contribution >= 0.6 is 0 Å². The fraction of sp³-hybridized carbons (Fsp3) is 0.200. The predicted octanol–water partition coefficient (Wildman–Crippen LogP) is 4.01. The van der Waals surface area contributed by atoms with E-state index >= 15 is 0 Å². The molecule has 0 saturated heterocycles. The van der Waals surface area contributed by atoms with Gasteiger partial charge in [0.25, 0.3) is 0 Å². The third-order valence-electron chi connectivity index (χ3n) is 3.82. The van der Waals surface area contributed by atoms with Crippen molar-refractivity contribution in [3.05, 3.63) is 71.4 Å². The molecule has 3 rings (SSSR count). The SMILES string of the molecule is CCOC(=O)c1cc(Cc2ccccc2)c2cc(OC)ccc2n1. The molecule has 0 unspecified atom stereocenters. The number of carbonyl (C=O) groups excluding carboxylic acids is 1. The van der Waals surface area contributed by atoms with Crippen molar-refractivity contribution in [2.45, 2.75) is 13.3 Å². The number of rotatable bonds is 5. The van der Waals surface area contributed by atoms with Gasteiger partial charge in [-0.1, -0.05) is 30.3 Å². The molecule has 0 fully saturated rings. The van der Waals surface area contributed by atoms with Crippen LogP contribution < -0.4 is 4.74 Å². The zero-order chi connectivity index (χ0) is 16.9. The van der Waals surface area contributed by atoms with Crippen LogP contribution in [-0.2, 0) is 11.2 Å². The summed E-state index contributed by atoms with van der Waals surface area (Å²) in [6, 6.07) is 17.6. The molecule has 4 heteroatoms. The van der Waals surface area contributed by atoms with Crippen molar-refractivity contribution in [1.29, 1.82) is 0 Å². The van der Waals surface area contributed by atoms with E-state index in [2.05, 4.69) is 17.1 Å². The third kappa shape index (κ3) is 3.38. The number of methoxy groups -OCH3 is 1. The fourth-order valence-corrected chi connectivity index (χ4v) is 2.67. The van der Waals surface area contributed by atoms with Gasteiger partial charge in [-0.25, -0.2) is 9.78 Å². The van der Waals surface area contributed by atoms with Crippen molar-refractivity contribution in [1.82, 2.24) is 4.98 Å². The van der Waals surface area contributed by atoms with Gasteiger partial charge in [-0.05, 0) is 48.7 Å². The highest BCUT2D eigenvalue weighted by Gasteiger charge is 2.14. The zero-order valence-corrected chi connectivity index (χ0v) is 13.8. The molecule has 0 aliphatic rings. The number of pyridine rings is 1. The van der Waals surface area contributed by atoms with Gasteiger partial charge < -0.3 is 9.47 Å². The van der Waals surface area contributed by atoms with Crippen LogP contribution in [0.5, 0.6) is 5.75 Å². The standard InChI is InChI=1S/C20H19NO3/c1-3-24-20(22)19-12-15(11-14-7-5-4-6-8-14)17-13-16(23-2)9-10-18(17)21-19/h4-10,12-13H,3,11H2,1-2H3. The van der Waals surface area contributed by atoms with Crippen LogP contribution in [0.3, 0.4) is 0 Å². The maximum absolute atomic E-state index is 12.1. The van der Waals surface area contributed by atoms with E-state index in [1.165, 1.54) is 5.56 Å². The summed E-state index contributed by atoms with van der Waals surface area (Å²) in [6.07, 6.45) is 0.708. The molecule has 0 aliphatic carbocycles. The lowest BCUT2D eigenvalue weighted by Gasteiger charge is -2.11. The molecule has 1 aromatic heterocycles. The highest BCUT2D eigenvalue weighted by molar-refractivity contribution is 5.93. The highest BCUT2D eigenvalue weighted by atomic mass is 16.5. The van der Waals surface area contributed by atoms with E-state index < -0.39 is 5.97 Å². The van der Waals surface area contributed by atoms with E-state index in [1.807, 2.05) is 42.5 Å². The molecule has 0 spiro atoms. The molecule has 4 nitrogen and oxygen atoms in total. The van der Waals surface area contributed by atoms with Crippen molar-refractivity contribution in [2.24, 2.45) is 0 Å². The zero-order valence-electron chi connectivity index (χ0n) is 13.8. The fourth-order valence-electron chi connectivity index (χ4n) is 2.67. The Kier molecular flexibility index (Phi) is 4.75. The number of carbonyl (C=O) groups is 1. The first-order valence-electron chi connectivity index (χ1n) is 7.90. The van der Waals surface area contributed by atoms with Gasteiger partial charge in [0.15, 0.2) is 0 Å². The lowest BCUT2D eigenvalue weighted by Crippen LogP contribution is -2.08. The average molecular weight is 321 g/mol. The van der Waals surface area contributed by atoms with Gasteiger partial charge in [0.05, 0.1) is 19.2 Å². The molecule has 2 aromatic carbocycles. The van der Waals surface area contributed by atoms with Crippen LogP contribution in [0.4, 0.5) is 0 Å².